The van der Waals surface area contributed by atoms with Gasteiger partial charge in [0.05, 0.1) is 0 Å². The van der Waals surface area contributed by atoms with Crippen LogP contribution in [-0.4, -0.2) is 65.0 Å². The van der Waals surface area contributed by atoms with Gasteiger partial charge in [0, 0.05) is 0 Å². The first kappa shape index (κ1) is 30.2. The maximum atomic E-state index is 12.1. The van der Waals surface area contributed by atoms with Crippen molar-refractivity contribution in [1.29, 1.82) is 0 Å². The van der Waals surface area contributed by atoms with Gasteiger partial charge in [-0.05, 0) is 81.7 Å². The van der Waals surface area contributed by atoms with Crippen LogP contribution in [0.2, 0.25) is 0 Å². The maximum Gasteiger partial charge on any atom is 0.410 e. The normalized spacial score (nSPS) is 13.0. The molecule has 0 saturated heterocycles. The Morgan fingerprint density at radius 3 is 1.39 bits per heavy atom. The highest BCUT2D eigenvalue weighted by atomic mass is 16.6. The third-order valence-electron chi connectivity index (χ3n) is 3.33. The molecule has 0 fully saturated rings. The number of nitrogens with one attached hydrogen (secondary N) is 4. The van der Waals surface area contributed by atoms with Gasteiger partial charge in [-0.3, -0.25) is 16.0 Å². The molecule has 1 atom stereocenters. The fourth-order valence-electron chi connectivity index (χ4n) is 2.25. The van der Waals surface area contributed by atoms with E-state index in [2.05, 4.69) is 21.3 Å². The van der Waals surface area contributed by atoms with Gasteiger partial charge in [0.25, 0.3) is 0 Å². The Morgan fingerprint density at radius 1 is 0.697 bits per heavy atom. The molecule has 3 amide bonds. The Morgan fingerprint density at radius 2 is 1.06 bits per heavy atom. The number of ether oxygens (including phenoxy) is 3. The van der Waals surface area contributed by atoms with Crippen LogP contribution in [0.4, 0.5) is 14.4 Å². The first-order valence-electron chi connectivity index (χ1n) is 10.7. The quantitative estimate of drug-likeness (QED) is 0.191. The zero-order valence-corrected chi connectivity index (χ0v) is 21.1. The van der Waals surface area contributed by atoms with Crippen LogP contribution in [0.25, 0.3) is 0 Å². The van der Waals surface area contributed by atoms with Gasteiger partial charge in [0.1, 0.15) is 22.8 Å². The molecule has 0 spiro atoms. The average molecular weight is 477 g/mol. The van der Waals surface area contributed by atoms with E-state index in [0.29, 0.717) is 0 Å². The first-order valence-corrected chi connectivity index (χ1v) is 10.7. The van der Waals surface area contributed by atoms with E-state index < -0.39 is 53.4 Å². The van der Waals surface area contributed by atoms with Crippen LogP contribution >= 0.6 is 0 Å². The molecule has 0 rings (SSSR count). The van der Waals surface area contributed by atoms with Gasteiger partial charge in [-0.15, -0.1) is 0 Å². The number of alkyl carbamates (subject to hydrolysis) is 3. The van der Waals surface area contributed by atoms with Gasteiger partial charge in [-0.1, -0.05) is 0 Å². The fraction of sp³-hybridized carbons (Fsp3) is 0.810. The highest BCUT2D eigenvalue weighted by Gasteiger charge is 2.25. The third kappa shape index (κ3) is 17.5. The summed E-state index contributed by atoms with van der Waals surface area (Å²) in [6.45, 7) is 15.4. The number of carbonyl (C=O) groups is 4. The van der Waals surface area contributed by atoms with Crippen molar-refractivity contribution in [1.82, 2.24) is 21.3 Å². The third-order valence-corrected chi connectivity index (χ3v) is 3.33. The molecule has 192 valence electrons. The Hall–Kier alpha value is -2.76. The Labute approximate surface area is 195 Å². The van der Waals surface area contributed by atoms with Gasteiger partial charge < -0.3 is 24.6 Å². The molecule has 0 aromatic rings. The minimum Gasteiger partial charge on any atom is -0.480 e. The molecule has 33 heavy (non-hydrogen) atoms. The lowest BCUT2D eigenvalue weighted by molar-refractivity contribution is -0.139. The summed E-state index contributed by atoms with van der Waals surface area (Å²) in [5.41, 5.74) is -2.26. The topological polar surface area (TPSA) is 164 Å². The van der Waals surface area contributed by atoms with E-state index in [1.807, 2.05) is 0 Å². The summed E-state index contributed by atoms with van der Waals surface area (Å²) in [5.74, 6) is -1.21. The van der Waals surface area contributed by atoms with Crippen molar-refractivity contribution in [2.24, 2.45) is 0 Å². The number of amides is 3. The van der Waals surface area contributed by atoms with E-state index in [4.69, 9.17) is 14.2 Å². The van der Waals surface area contributed by atoms with Crippen molar-refractivity contribution in [2.75, 3.05) is 6.54 Å². The molecule has 0 aliphatic rings. The summed E-state index contributed by atoms with van der Waals surface area (Å²) in [5, 5.41) is 19.5. The highest BCUT2D eigenvalue weighted by Crippen LogP contribution is 2.09. The molecule has 0 saturated carbocycles. The number of carboxylic acid groups (broad SMARTS) is 1. The number of carbonyl (C=O) groups excluding carboxylic acids is 3. The van der Waals surface area contributed by atoms with Crippen molar-refractivity contribution >= 4 is 24.2 Å². The van der Waals surface area contributed by atoms with Crippen molar-refractivity contribution < 1.29 is 38.5 Å². The van der Waals surface area contributed by atoms with Crippen LogP contribution < -0.4 is 21.3 Å². The van der Waals surface area contributed by atoms with E-state index in [-0.39, 0.29) is 19.4 Å². The van der Waals surface area contributed by atoms with Gasteiger partial charge in [0.2, 0.25) is 0 Å². The van der Waals surface area contributed by atoms with E-state index in [9.17, 15) is 24.3 Å². The lowest BCUT2D eigenvalue weighted by Crippen LogP contribution is -2.58. The molecule has 0 unspecified atom stereocenters. The van der Waals surface area contributed by atoms with Crippen LogP contribution in [0.1, 0.15) is 75.2 Å². The highest BCUT2D eigenvalue weighted by molar-refractivity contribution is 5.80. The van der Waals surface area contributed by atoms with E-state index >= 15 is 0 Å². The molecule has 0 aliphatic carbocycles. The molecular weight excluding hydrogens is 436 g/mol. The molecule has 0 aliphatic heterocycles. The van der Waals surface area contributed by atoms with E-state index in [0.717, 1.165) is 0 Å². The molecule has 0 aromatic carbocycles. The number of carboxylic acids is 1. The lowest BCUT2D eigenvalue weighted by Gasteiger charge is -2.26. The molecule has 12 heteroatoms. The van der Waals surface area contributed by atoms with Gasteiger partial charge in [0.15, 0.2) is 6.29 Å². The Kier molecular flexibility index (Phi) is 11.4. The molecule has 0 bridgehead atoms. The zero-order chi connectivity index (χ0) is 26.0. The predicted molar refractivity (Wildman–Crippen MR) is 121 cm³/mol. The summed E-state index contributed by atoms with van der Waals surface area (Å²) in [7, 11) is 0. The van der Waals surface area contributed by atoms with Crippen LogP contribution in [-0.2, 0) is 19.0 Å². The van der Waals surface area contributed by atoms with Crippen molar-refractivity contribution in [2.45, 2.75) is 104 Å². The molecular formula is C21H40N4O8. The monoisotopic (exact) mass is 476 g/mol. The van der Waals surface area contributed by atoms with Gasteiger partial charge >= 0.3 is 24.2 Å². The summed E-state index contributed by atoms with van der Waals surface area (Å²) in [6.07, 6.45) is -3.06. The van der Waals surface area contributed by atoms with Crippen LogP contribution in [0.15, 0.2) is 0 Å². The fourth-order valence-corrected chi connectivity index (χ4v) is 2.25. The smallest absolute Gasteiger partial charge is 0.410 e. The second-order valence-corrected chi connectivity index (χ2v) is 10.4. The average Bonchev–Trinajstić information content (AvgIpc) is 2.51. The number of rotatable bonds is 9. The van der Waals surface area contributed by atoms with Crippen molar-refractivity contribution in [3.8, 4) is 0 Å². The lowest BCUT2D eigenvalue weighted by atomic mass is 10.1. The Bertz CT molecular complexity index is 647. The number of hydrogen-bond acceptors (Lipinski definition) is 8. The largest absolute Gasteiger partial charge is 0.480 e. The number of hydrogen-bond donors (Lipinski definition) is 5. The number of aliphatic carboxylic acids is 1. The SMILES string of the molecule is CC(C)(C)OC(=O)NC(NCCC[C@H](NC(=O)OC(C)(C)C)C(=O)O)NC(=O)OC(C)(C)C. The first-order chi connectivity index (χ1) is 14.8. The maximum absolute atomic E-state index is 12.1. The minimum absolute atomic E-state index is 0.0766. The van der Waals surface area contributed by atoms with Crippen LogP contribution in [0.3, 0.4) is 0 Å². The second-order valence-electron chi connectivity index (χ2n) is 10.4. The van der Waals surface area contributed by atoms with Crippen LogP contribution in [0.5, 0.6) is 0 Å². The molecule has 0 aromatic heterocycles. The minimum atomic E-state index is -1.21. The summed E-state index contributed by atoms with van der Waals surface area (Å²) < 4.78 is 15.5. The summed E-state index contributed by atoms with van der Waals surface area (Å²) in [6, 6.07) is -1.17. The van der Waals surface area contributed by atoms with Gasteiger partial charge in [-0.2, -0.15) is 0 Å². The molecule has 0 radical (unpaired) electrons. The summed E-state index contributed by atoms with van der Waals surface area (Å²) >= 11 is 0. The van der Waals surface area contributed by atoms with Crippen molar-refractivity contribution in [3.05, 3.63) is 0 Å². The Balaban J connectivity index is 4.89. The second kappa shape index (κ2) is 12.5. The summed E-state index contributed by atoms with van der Waals surface area (Å²) in [4.78, 5) is 47.5. The van der Waals surface area contributed by atoms with E-state index in [1.165, 1.54) is 0 Å². The zero-order valence-electron chi connectivity index (χ0n) is 21.1. The molecule has 0 heterocycles. The van der Waals surface area contributed by atoms with E-state index in [1.54, 1.807) is 62.3 Å². The standard InChI is InChI=1S/C21H40N4O8/c1-19(2,3)31-16(28)23-13(14(26)27)11-10-12-22-15(24-17(29)32-20(4,5)6)25-18(30)33-21(7,8)9/h13,15,22H,10-12H2,1-9H3,(H,23,28)(H,24,29)(H,25,30)(H,26,27)/t13-/m0/s1. The molecule has 5 N–H and O–H groups in total. The predicted octanol–water partition coefficient (Wildman–Crippen LogP) is 2.67. The van der Waals surface area contributed by atoms with Gasteiger partial charge in [-0.25, -0.2) is 19.2 Å². The van der Waals surface area contributed by atoms with Crippen molar-refractivity contribution in [3.63, 3.8) is 0 Å². The molecule has 12 nitrogen and oxygen atoms in total. The van der Waals surface area contributed by atoms with Crippen LogP contribution in [0, 0.1) is 0 Å².